The van der Waals surface area contributed by atoms with Gasteiger partial charge >= 0.3 is 5.97 Å². The molecule has 0 atom stereocenters. The van der Waals surface area contributed by atoms with E-state index in [1.54, 1.807) is 6.08 Å². The predicted molar refractivity (Wildman–Crippen MR) is 72.8 cm³/mol. The number of carbonyl (C=O) groups excluding carboxylic acids is 1. The van der Waals surface area contributed by atoms with Crippen LogP contribution in [0.3, 0.4) is 0 Å². The van der Waals surface area contributed by atoms with Gasteiger partial charge in [-0.05, 0) is 39.5 Å². The van der Waals surface area contributed by atoms with E-state index in [0.29, 0.717) is 12.8 Å². The number of halogens is 1. The monoisotopic (exact) mass is 310 g/mol. The Bertz CT molecular complexity index is 468. The molecule has 1 aromatic rings. The van der Waals surface area contributed by atoms with Gasteiger partial charge in [0.15, 0.2) is 0 Å². The molecular weight excluding hydrogens is 296 g/mol. The molecule has 0 radical (unpaired) electrons. The van der Waals surface area contributed by atoms with E-state index in [-0.39, 0.29) is 12.6 Å². The van der Waals surface area contributed by atoms with Crippen molar-refractivity contribution in [1.29, 1.82) is 0 Å². The van der Waals surface area contributed by atoms with Crippen molar-refractivity contribution < 1.29 is 14.3 Å². The zero-order valence-electron chi connectivity index (χ0n) is 10.1. The molecule has 0 spiro atoms. The zero-order valence-corrected chi connectivity index (χ0v) is 11.7. The molecule has 1 aliphatic heterocycles. The van der Waals surface area contributed by atoms with Gasteiger partial charge in [0.1, 0.15) is 12.4 Å². The van der Waals surface area contributed by atoms with Gasteiger partial charge in [-0.3, -0.25) is 4.79 Å². The number of hydrogen-bond acceptors (Lipinski definition) is 3. The molecule has 1 aromatic carbocycles. The molecule has 96 valence electrons. The standard InChI is InChI=1S/C14H15BrO3/c1-2-6-17-13(16)4-3-10-8-11-5-7-18-14(11)12(15)9-10/h2,8-9H,1,3-7H2. The molecule has 4 heteroatoms. The van der Waals surface area contributed by atoms with Crippen LogP contribution in [-0.4, -0.2) is 19.2 Å². The summed E-state index contributed by atoms with van der Waals surface area (Å²) in [6, 6.07) is 4.11. The maximum Gasteiger partial charge on any atom is 0.306 e. The van der Waals surface area contributed by atoms with Gasteiger partial charge in [-0.1, -0.05) is 18.7 Å². The van der Waals surface area contributed by atoms with Crippen molar-refractivity contribution in [1.82, 2.24) is 0 Å². The zero-order chi connectivity index (χ0) is 13.0. The van der Waals surface area contributed by atoms with Crippen molar-refractivity contribution in [3.05, 3.63) is 40.4 Å². The van der Waals surface area contributed by atoms with Crippen LogP contribution in [0.15, 0.2) is 29.3 Å². The Morgan fingerprint density at radius 3 is 3.17 bits per heavy atom. The topological polar surface area (TPSA) is 35.5 Å². The highest BCUT2D eigenvalue weighted by Gasteiger charge is 2.16. The lowest BCUT2D eigenvalue weighted by atomic mass is 10.0. The Balaban J connectivity index is 1.96. The van der Waals surface area contributed by atoms with Crippen molar-refractivity contribution in [2.45, 2.75) is 19.3 Å². The summed E-state index contributed by atoms with van der Waals surface area (Å²) in [5, 5.41) is 0. The molecule has 0 aliphatic carbocycles. The molecule has 0 fully saturated rings. The lowest BCUT2D eigenvalue weighted by Crippen LogP contribution is -2.05. The van der Waals surface area contributed by atoms with Crippen molar-refractivity contribution in [3.8, 4) is 5.75 Å². The molecule has 1 heterocycles. The van der Waals surface area contributed by atoms with Crippen LogP contribution < -0.4 is 4.74 Å². The number of aryl methyl sites for hydroxylation is 1. The molecule has 1 aliphatic rings. The van der Waals surface area contributed by atoms with Crippen LogP contribution in [-0.2, 0) is 22.4 Å². The lowest BCUT2D eigenvalue weighted by Gasteiger charge is -2.07. The SMILES string of the molecule is C=CCOC(=O)CCc1cc(Br)c2c(c1)CCO2. The van der Waals surface area contributed by atoms with Gasteiger partial charge in [0.2, 0.25) is 0 Å². The highest BCUT2D eigenvalue weighted by molar-refractivity contribution is 9.10. The second-order valence-corrected chi connectivity index (χ2v) is 4.99. The molecule has 0 aromatic heterocycles. The molecule has 0 amide bonds. The number of benzene rings is 1. The molecule has 0 saturated heterocycles. The maximum atomic E-state index is 11.4. The second kappa shape index (κ2) is 6.05. The summed E-state index contributed by atoms with van der Waals surface area (Å²) in [5.41, 5.74) is 2.33. The third-order valence-electron chi connectivity index (χ3n) is 2.78. The second-order valence-electron chi connectivity index (χ2n) is 4.14. The summed E-state index contributed by atoms with van der Waals surface area (Å²) in [4.78, 5) is 11.4. The van der Waals surface area contributed by atoms with E-state index >= 15 is 0 Å². The first-order valence-corrected chi connectivity index (χ1v) is 6.70. The number of fused-ring (bicyclic) bond motifs is 1. The first kappa shape index (κ1) is 13.1. The van der Waals surface area contributed by atoms with Crippen molar-refractivity contribution >= 4 is 21.9 Å². The number of ether oxygens (including phenoxy) is 2. The minimum Gasteiger partial charge on any atom is -0.492 e. The fourth-order valence-corrected chi connectivity index (χ4v) is 2.60. The number of hydrogen-bond donors (Lipinski definition) is 0. The van der Waals surface area contributed by atoms with Gasteiger partial charge in [-0.2, -0.15) is 0 Å². The highest BCUT2D eigenvalue weighted by atomic mass is 79.9. The van der Waals surface area contributed by atoms with E-state index in [4.69, 9.17) is 9.47 Å². The normalized spacial score (nSPS) is 12.7. The first-order chi connectivity index (χ1) is 8.70. The average Bonchev–Trinajstić information content (AvgIpc) is 2.82. The summed E-state index contributed by atoms with van der Waals surface area (Å²) >= 11 is 3.49. The minimum atomic E-state index is -0.192. The molecule has 18 heavy (non-hydrogen) atoms. The summed E-state index contributed by atoms with van der Waals surface area (Å²) in [6.07, 6.45) is 3.58. The number of rotatable bonds is 5. The minimum absolute atomic E-state index is 0.192. The average molecular weight is 311 g/mol. The van der Waals surface area contributed by atoms with Crippen molar-refractivity contribution in [2.24, 2.45) is 0 Å². The van der Waals surface area contributed by atoms with Crippen LogP contribution in [0.2, 0.25) is 0 Å². The Morgan fingerprint density at radius 2 is 2.39 bits per heavy atom. The quantitative estimate of drug-likeness (QED) is 0.619. The lowest BCUT2D eigenvalue weighted by molar-refractivity contribution is -0.142. The van der Waals surface area contributed by atoms with Crippen molar-refractivity contribution in [2.75, 3.05) is 13.2 Å². The van der Waals surface area contributed by atoms with Gasteiger partial charge in [-0.15, -0.1) is 0 Å². The summed E-state index contributed by atoms with van der Waals surface area (Å²) < 4.78 is 11.4. The molecule has 0 saturated carbocycles. The Hall–Kier alpha value is -1.29. The van der Waals surface area contributed by atoms with E-state index in [1.807, 2.05) is 6.07 Å². The summed E-state index contributed by atoms with van der Waals surface area (Å²) in [5.74, 6) is 0.746. The van der Waals surface area contributed by atoms with Gasteiger partial charge in [-0.25, -0.2) is 0 Å². The van der Waals surface area contributed by atoms with Crippen LogP contribution in [0.4, 0.5) is 0 Å². The third-order valence-corrected chi connectivity index (χ3v) is 3.37. The molecule has 0 N–H and O–H groups in total. The fraction of sp³-hybridized carbons (Fsp3) is 0.357. The van der Waals surface area contributed by atoms with Gasteiger partial charge in [0.05, 0.1) is 11.1 Å². The largest absolute Gasteiger partial charge is 0.492 e. The van der Waals surface area contributed by atoms with Crippen molar-refractivity contribution in [3.63, 3.8) is 0 Å². The molecule has 0 unspecified atom stereocenters. The van der Waals surface area contributed by atoms with Crippen LogP contribution >= 0.6 is 15.9 Å². The van der Waals surface area contributed by atoms with E-state index < -0.39 is 0 Å². The van der Waals surface area contributed by atoms with E-state index in [1.165, 1.54) is 5.56 Å². The Labute approximate surface area is 115 Å². The third kappa shape index (κ3) is 3.13. The smallest absolute Gasteiger partial charge is 0.306 e. The molecule has 0 bridgehead atoms. The maximum absolute atomic E-state index is 11.4. The number of esters is 1. The van der Waals surface area contributed by atoms with Crippen LogP contribution in [0.1, 0.15) is 17.5 Å². The Kier molecular flexibility index (Phi) is 4.42. The molecular formula is C14H15BrO3. The van der Waals surface area contributed by atoms with Gasteiger partial charge in [0, 0.05) is 12.8 Å². The predicted octanol–water partition coefficient (Wildman–Crippen LogP) is 3.05. The van der Waals surface area contributed by atoms with Crippen LogP contribution in [0.25, 0.3) is 0 Å². The molecule has 2 rings (SSSR count). The Morgan fingerprint density at radius 1 is 1.56 bits per heavy atom. The van der Waals surface area contributed by atoms with E-state index in [2.05, 4.69) is 28.6 Å². The summed E-state index contributed by atoms with van der Waals surface area (Å²) in [6.45, 7) is 4.52. The fourth-order valence-electron chi connectivity index (χ4n) is 1.94. The highest BCUT2D eigenvalue weighted by Crippen LogP contribution is 2.35. The van der Waals surface area contributed by atoms with E-state index in [9.17, 15) is 4.79 Å². The van der Waals surface area contributed by atoms with Crippen LogP contribution in [0, 0.1) is 0 Å². The van der Waals surface area contributed by atoms with E-state index in [0.717, 1.165) is 28.8 Å². The van der Waals surface area contributed by atoms with Gasteiger partial charge in [0.25, 0.3) is 0 Å². The van der Waals surface area contributed by atoms with Gasteiger partial charge < -0.3 is 9.47 Å². The van der Waals surface area contributed by atoms with Crippen LogP contribution in [0.5, 0.6) is 5.75 Å². The first-order valence-electron chi connectivity index (χ1n) is 5.91. The molecule has 3 nitrogen and oxygen atoms in total. The number of carbonyl (C=O) groups is 1. The summed E-state index contributed by atoms with van der Waals surface area (Å²) in [7, 11) is 0.